The lowest BCUT2D eigenvalue weighted by Crippen LogP contribution is -2.41. The van der Waals surface area contributed by atoms with Crippen molar-refractivity contribution < 1.29 is 13.9 Å². The van der Waals surface area contributed by atoms with Crippen LogP contribution in [0.3, 0.4) is 0 Å². The Morgan fingerprint density at radius 1 is 1.29 bits per heavy atom. The molecule has 0 saturated carbocycles. The van der Waals surface area contributed by atoms with Gasteiger partial charge in [-0.05, 0) is 17.5 Å². The van der Waals surface area contributed by atoms with E-state index in [1.54, 1.807) is 38.4 Å². The minimum Gasteiger partial charge on any atom is -0.383 e. The molecule has 4 nitrogen and oxygen atoms in total. The van der Waals surface area contributed by atoms with Crippen molar-refractivity contribution in [2.45, 2.75) is 6.04 Å². The fraction of sp³-hybridized carbons (Fsp3) is 0.312. The monoisotopic (exact) mass is 290 g/mol. The summed E-state index contributed by atoms with van der Waals surface area (Å²) in [4.78, 5) is 14.0. The minimum absolute atomic E-state index is 0.183. The molecule has 0 aromatic heterocycles. The first-order valence-corrected chi connectivity index (χ1v) is 6.71. The third kappa shape index (κ3) is 3.37. The topological polar surface area (TPSA) is 55.6 Å². The van der Waals surface area contributed by atoms with Gasteiger partial charge in [0.15, 0.2) is 0 Å². The Kier molecular flexibility index (Phi) is 4.88. The van der Waals surface area contributed by atoms with Crippen LogP contribution in [0.2, 0.25) is 0 Å². The summed E-state index contributed by atoms with van der Waals surface area (Å²) in [5, 5.41) is 1.05. The van der Waals surface area contributed by atoms with Crippen LogP contribution in [0.15, 0.2) is 36.4 Å². The van der Waals surface area contributed by atoms with Gasteiger partial charge in [-0.1, -0.05) is 24.3 Å². The van der Waals surface area contributed by atoms with Gasteiger partial charge in [0.1, 0.15) is 5.82 Å². The molecule has 5 heteroatoms. The van der Waals surface area contributed by atoms with Gasteiger partial charge in [-0.2, -0.15) is 0 Å². The maximum Gasteiger partial charge on any atom is 0.254 e. The van der Waals surface area contributed by atoms with Crippen LogP contribution in [-0.4, -0.2) is 44.2 Å². The standard InChI is InChI=1S/C16H19FN2O2/c1-19(9-11(18)10-21-2)16(20)14-7-8-15(17)13-6-4-3-5-12(13)14/h3-8,11H,9-10,18H2,1-2H3. The van der Waals surface area contributed by atoms with E-state index in [0.29, 0.717) is 29.5 Å². The van der Waals surface area contributed by atoms with Crippen LogP contribution in [0.1, 0.15) is 10.4 Å². The zero-order chi connectivity index (χ0) is 15.4. The highest BCUT2D eigenvalue weighted by Gasteiger charge is 2.18. The van der Waals surface area contributed by atoms with E-state index < -0.39 is 0 Å². The van der Waals surface area contributed by atoms with Crippen LogP contribution in [0.5, 0.6) is 0 Å². The second-order valence-electron chi connectivity index (χ2n) is 5.04. The van der Waals surface area contributed by atoms with Crippen molar-refractivity contribution in [3.63, 3.8) is 0 Å². The summed E-state index contributed by atoms with van der Waals surface area (Å²) >= 11 is 0. The highest BCUT2D eigenvalue weighted by atomic mass is 19.1. The number of benzene rings is 2. The van der Waals surface area contributed by atoms with E-state index in [1.807, 2.05) is 0 Å². The van der Waals surface area contributed by atoms with Crippen LogP contribution in [-0.2, 0) is 4.74 Å². The lowest BCUT2D eigenvalue weighted by Gasteiger charge is -2.22. The second kappa shape index (κ2) is 6.65. The lowest BCUT2D eigenvalue weighted by molar-refractivity contribution is 0.0766. The quantitative estimate of drug-likeness (QED) is 0.916. The zero-order valence-electron chi connectivity index (χ0n) is 12.2. The summed E-state index contributed by atoms with van der Waals surface area (Å²) in [5.74, 6) is -0.515. The lowest BCUT2D eigenvalue weighted by atomic mass is 10.0. The van der Waals surface area contributed by atoms with Crippen LogP contribution in [0.4, 0.5) is 4.39 Å². The predicted molar refractivity (Wildman–Crippen MR) is 80.7 cm³/mol. The molecule has 1 amide bonds. The molecule has 0 aliphatic carbocycles. The van der Waals surface area contributed by atoms with Crippen molar-refractivity contribution >= 4 is 16.7 Å². The summed E-state index contributed by atoms with van der Waals surface area (Å²) in [5.41, 5.74) is 6.33. The number of hydrogen-bond acceptors (Lipinski definition) is 3. The summed E-state index contributed by atoms with van der Waals surface area (Å²) in [6.45, 7) is 0.750. The maximum atomic E-state index is 13.8. The highest BCUT2D eigenvalue weighted by Crippen LogP contribution is 2.22. The first-order chi connectivity index (χ1) is 10.0. The van der Waals surface area contributed by atoms with Crippen LogP contribution in [0.25, 0.3) is 10.8 Å². The SMILES string of the molecule is COCC(N)CN(C)C(=O)c1ccc(F)c2ccccc12. The van der Waals surface area contributed by atoms with Gasteiger partial charge < -0.3 is 15.4 Å². The van der Waals surface area contributed by atoms with Crippen molar-refractivity contribution in [1.82, 2.24) is 4.90 Å². The highest BCUT2D eigenvalue weighted by molar-refractivity contribution is 6.07. The Hall–Kier alpha value is -1.98. The Balaban J connectivity index is 2.29. The van der Waals surface area contributed by atoms with Crippen molar-refractivity contribution in [3.05, 3.63) is 47.8 Å². The van der Waals surface area contributed by atoms with E-state index in [9.17, 15) is 9.18 Å². The molecule has 2 rings (SSSR count). The molecule has 0 saturated heterocycles. The minimum atomic E-state index is -0.333. The van der Waals surface area contributed by atoms with Crippen molar-refractivity contribution in [1.29, 1.82) is 0 Å². The van der Waals surface area contributed by atoms with E-state index in [-0.39, 0.29) is 17.8 Å². The van der Waals surface area contributed by atoms with Gasteiger partial charge in [0.2, 0.25) is 0 Å². The van der Waals surface area contributed by atoms with Crippen molar-refractivity contribution in [3.8, 4) is 0 Å². The van der Waals surface area contributed by atoms with Gasteiger partial charge in [0, 0.05) is 37.7 Å². The average molecular weight is 290 g/mol. The number of ether oxygens (including phenoxy) is 1. The molecule has 0 radical (unpaired) electrons. The Bertz CT molecular complexity index is 645. The first kappa shape index (κ1) is 15.4. The smallest absolute Gasteiger partial charge is 0.254 e. The number of nitrogens with zero attached hydrogens (tertiary/aromatic N) is 1. The normalized spacial score (nSPS) is 12.4. The molecule has 0 heterocycles. The van der Waals surface area contributed by atoms with E-state index in [0.717, 1.165) is 0 Å². The molecule has 0 fully saturated rings. The van der Waals surface area contributed by atoms with E-state index in [4.69, 9.17) is 10.5 Å². The zero-order valence-corrected chi connectivity index (χ0v) is 12.2. The fourth-order valence-electron chi connectivity index (χ4n) is 2.36. The van der Waals surface area contributed by atoms with Gasteiger partial charge >= 0.3 is 0 Å². The summed E-state index contributed by atoms with van der Waals surface area (Å²) < 4.78 is 18.7. The number of likely N-dealkylation sites (N-methyl/N-ethyl adjacent to an activating group) is 1. The Morgan fingerprint density at radius 3 is 2.62 bits per heavy atom. The molecule has 0 aliphatic heterocycles. The molecule has 2 N–H and O–H groups in total. The number of rotatable bonds is 5. The Labute approximate surface area is 123 Å². The third-order valence-corrected chi connectivity index (χ3v) is 3.34. The number of hydrogen-bond donors (Lipinski definition) is 1. The fourth-order valence-corrected chi connectivity index (χ4v) is 2.36. The molecule has 21 heavy (non-hydrogen) atoms. The summed E-state index contributed by atoms with van der Waals surface area (Å²) in [6, 6.07) is 9.52. The third-order valence-electron chi connectivity index (χ3n) is 3.34. The molecule has 1 atom stereocenters. The first-order valence-electron chi connectivity index (χ1n) is 6.71. The number of halogens is 1. The largest absolute Gasteiger partial charge is 0.383 e. The maximum absolute atomic E-state index is 13.8. The number of amides is 1. The van der Waals surface area contributed by atoms with Gasteiger partial charge in [0.05, 0.1) is 6.61 Å². The van der Waals surface area contributed by atoms with Crippen LogP contribution in [0, 0.1) is 5.82 Å². The van der Waals surface area contributed by atoms with Gasteiger partial charge in [-0.25, -0.2) is 4.39 Å². The summed E-state index contributed by atoms with van der Waals surface area (Å²) in [6.07, 6.45) is 0. The molecular weight excluding hydrogens is 271 g/mol. The van der Waals surface area contributed by atoms with Gasteiger partial charge in [0.25, 0.3) is 5.91 Å². The number of methoxy groups -OCH3 is 1. The second-order valence-corrected chi connectivity index (χ2v) is 5.04. The molecule has 2 aromatic carbocycles. The molecule has 0 spiro atoms. The number of fused-ring (bicyclic) bond motifs is 1. The van der Waals surface area contributed by atoms with E-state index in [1.165, 1.54) is 17.0 Å². The van der Waals surface area contributed by atoms with E-state index >= 15 is 0 Å². The van der Waals surface area contributed by atoms with Crippen molar-refractivity contribution in [2.24, 2.45) is 5.73 Å². The van der Waals surface area contributed by atoms with E-state index in [2.05, 4.69) is 0 Å². The number of carbonyl (C=O) groups is 1. The molecule has 2 aromatic rings. The predicted octanol–water partition coefficient (Wildman–Crippen LogP) is 2.02. The molecule has 1 unspecified atom stereocenters. The Morgan fingerprint density at radius 2 is 1.95 bits per heavy atom. The molecule has 112 valence electrons. The average Bonchev–Trinajstić information content (AvgIpc) is 2.47. The molecule has 0 bridgehead atoms. The summed E-state index contributed by atoms with van der Waals surface area (Å²) in [7, 11) is 3.24. The van der Waals surface area contributed by atoms with Crippen LogP contribution < -0.4 is 5.73 Å². The van der Waals surface area contributed by atoms with Crippen molar-refractivity contribution in [2.75, 3.05) is 27.3 Å². The molecular formula is C16H19FN2O2. The van der Waals surface area contributed by atoms with Gasteiger partial charge in [-0.3, -0.25) is 4.79 Å². The van der Waals surface area contributed by atoms with Crippen LogP contribution >= 0.6 is 0 Å². The number of carbonyl (C=O) groups excluding carboxylic acids is 1. The molecule has 0 aliphatic rings. The van der Waals surface area contributed by atoms with Gasteiger partial charge in [-0.15, -0.1) is 0 Å². The number of nitrogens with two attached hydrogens (primary N) is 1.